The minimum absolute atomic E-state index is 0.147. The number of amidine groups is 1. The van der Waals surface area contributed by atoms with Crippen molar-refractivity contribution in [1.29, 1.82) is 0 Å². The summed E-state index contributed by atoms with van der Waals surface area (Å²) < 4.78 is 59.7. The van der Waals surface area contributed by atoms with E-state index in [1.54, 1.807) is 18.2 Å². The summed E-state index contributed by atoms with van der Waals surface area (Å²) in [5.74, 6) is -1.65. The van der Waals surface area contributed by atoms with Gasteiger partial charge in [-0.05, 0) is 41.1 Å². The number of alkyl halides is 3. The third kappa shape index (κ3) is 4.32. The second-order valence-corrected chi connectivity index (χ2v) is 7.27. The lowest BCUT2D eigenvalue weighted by Gasteiger charge is -2.36. The molecule has 2 atom stereocenters. The molecule has 0 aliphatic carbocycles. The Morgan fingerprint density at radius 1 is 1.32 bits per heavy atom. The number of carbonyl (C=O) groups excluding carboxylic acids is 1. The maximum atomic E-state index is 14.3. The number of pyridine rings is 1. The van der Waals surface area contributed by atoms with Crippen LogP contribution < -0.4 is 5.32 Å². The zero-order valence-electron chi connectivity index (χ0n) is 14.4. The summed E-state index contributed by atoms with van der Waals surface area (Å²) in [7, 11) is 0. The number of rotatable bonds is 2. The van der Waals surface area contributed by atoms with Crippen molar-refractivity contribution in [1.82, 2.24) is 10.3 Å². The first-order valence-corrected chi connectivity index (χ1v) is 8.89. The van der Waals surface area contributed by atoms with Gasteiger partial charge < -0.3 is 4.74 Å². The molecule has 1 aromatic heterocycles. The van der Waals surface area contributed by atoms with Gasteiger partial charge in [0.2, 0.25) is 5.95 Å². The Bertz CT molecular complexity index is 921. The predicted molar refractivity (Wildman–Crippen MR) is 96.1 cm³/mol. The average molecular weight is 460 g/mol. The van der Waals surface area contributed by atoms with Gasteiger partial charge in [-0.25, -0.2) is 9.98 Å². The maximum Gasteiger partial charge on any atom is 0.425 e. The number of nitrogens with one attached hydrogen (secondary N) is 1. The Balaban J connectivity index is 2.00. The van der Waals surface area contributed by atoms with E-state index in [4.69, 9.17) is 4.74 Å². The average Bonchev–Trinajstić information content (AvgIpc) is 2.63. The number of ether oxygens (including phenoxy) is 1. The third-order valence-corrected chi connectivity index (χ3v) is 4.63. The van der Waals surface area contributed by atoms with Crippen LogP contribution in [0.2, 0.25) is 0 Å². The van der Waals surface area contributed by atoms with Gasteiger partial charge >= 0.3 is 6.18 Å². The lowest BCUT2D eigenvalue weighted by atomic mass is 9.86. The molecule has 2 aromatic rings. The van der Waals surface area contributed by atoms with Crippen LogP contribution in [0.4, 0.5) is 17.6 Å². The summed E-state index contributed by atoms with van der Waals surface area (Å²) in [4.78, 5) is 19.9. The molecule has 2 unspecified atom stereocenters. The lowest BCUT2D eigenvalue weighted by Crippen LogP contribution is -2.48. The van der Waals surface area contributed by atoms with Crippen molar-refractivity contribution in [2.24, 2.45) is 4.99 Å². The molecule has 1 amide bonds. The lowest BCUT2D eigenvalue weighted by molar-refractivity contribution is -0.208. The number of aliphatic imine (C=N–C) groups is 1. The molecule has 0 saturated heterocycles. The maximum absolute atomic E-state index is 14.3. The van der Waals surface area contributed by atoms with Crippen LogP contribution in [0.25, 0.3) is 0 Å². The molecule has 3 rings (SSSR count). The number of halogens is 5. The molecule has 1 aliphatic rings. The molecule has 28 heavy (non-hydrogen) atoms. The second-order valence-electron chi connectivity index (χ2n) is 6.36. The highest BCUT2D eigenvalue weighted by Gasteiger charge is 2.50. The molecule has 1 N–H and O–H groups in total. The molecule has 2 heterocycles. The predicted octanol–water partition coefficient (Wildman–Crippen LogP) is 4.34. The molecular weight excluding hydrogens is 446 g/mol. The van der Waals surface area contributed by atoms with Gasteiger partial charge in [0.15, 0.2) is 6.10 Å². The van der Waals surface area contributed by atoms with E-state index in [9.17, 15) is 22.4 Å². The van der Waals surface area contributed by atoms with Crippen molar-refractivity contribution in [2.45, 2.75) is 31.2 Å². The third-order valence-electron chi connectivity index (χ3n) is 4.19. The highest BCUT2D eigenvalue weighted by molar-refractivity contribution is 9.10. The van der Waals surface area contributed by atoms with Crippen LogP contribution in [0.15, 0.2) is 52.1 Å². The second kappa shape index (κ2) is 7.50. The Labute approximate surface area is 166 Å². The Kier molecular flexibility index (Phi) is 5.42. The van der Waals surface area contributed by atoms with Crippen LogP contribution in [-0.2, 0) is 10.3 Å². The molecule has 0 radical (unpaired) electrons. The van der Waals surface area contributed by atoms with E-state index < -0.39 is 42.1 Å². The van der Waals surface area contributed by atoms with Gasteiger partial charge in [-0.1, -0.05) is 18.2 Å². The van der Waals surface area contributed by atoms with E-state index in [1.807, 2.05) is 0 Å². The van der Waals surface area contributed by atoms with Crippen LogP contribution >= 0.6 is 15.9 Å². The van der Waals surface area contributed by atoms with Gasteiger partial charge in [0.25, 0.3) is 11.9 Å². The zero-order chi connectivity index (χ0) is 20.5. The topological polar surface area (TPSA) is 63.6 Å². The first kappa shape index (κ1) is 20.2. The number of hydrogen-bond acceptors (Lipinski definition) is 4. The van der Waals surface area contributed by atoms with E-state index >= 15 is 0 Å². The van der Waals surface area contributed by atoms with E-state index in [0.29, 0.717) is 4.47 Å². The largest absolute Gasteiger partial charge is 0.452 e. The summed E-state index contributed by atoms with van der Waals surface area (Å²) in [5, 5.41) is 2.23. The van der Waals surface area contributed by atoms with Crippen molar-refractivity contribution in [3.63, 3.8) is 0 Å². The number of amides is 1. The summed E-state index contributed by atoms with van der Waals surface area (Å²) in [6.45, 7) is 1.33. The van der Waals surface area contributed by atoms with Gasteiger partial charge in [-0.3, -0.25) is 10.1 Å². The van der Waals surface area contributed by atoms with Crippen LogP contribution in [-0.4, -0.2) is 29.2 Å². The van der Waals surface area contributed by atoms with Crippen LogP contribution in [0.5, 0.6) is 0 Å². The van der Waals surface area contributed by atoms with E-state index in [1.165, 1.54) is 31.3 Å². The van der Waals surface area contributed by atoms with Crippen molar-refractivity contribution in [2.75, 3.05) is 0 Å². The Hall–Kier alpha value is -2.49. The first-order chi connectivity index (χ1) is 13.1. The van der Waals surface area contributed by atoms with Gasteiger partial charge in [0, 0.05) is 28.2 Å². The highest BCUT2D eigenvalue weighted by Crippen LogP contribution is 2.41. The molecule has 0 spiro atoms. The molecule has 1 aliphatic heterocycles. The molecule has 0 saturated carbocycles. The van der Waals surface area contributed by atoms with Crippen molar-refractivity contribution in [3.8, 4) is 0 Å². The fraction of sp³-hybridized carbons (Fsp3) is 0.278. The summed E-state index contributed by atoms with van der Waals surface area (Å²) in [5.41, 5.74) is -1.59. The van der Waals surface area contributed by atoms with Gasteiger partial charge in [0.05, 0.1) is 5.54 Å². The minimum atomic E-state index is -4.74. The fourth-order valence-electron chi connectivity index (χ4n) is 2.80. The molecule has 5 nitrogen and oxygen atoms in total. The number of carbonyl (C=O) groups is 1. The number of hydrogen-bond donors (Lipinski definition) is 1. The van der Waals surface area contributed by atoms with E-state index in [2.05, 4.69) is 31.2 Å². The SMILES string of the molecule is CC1(c2cc(Br)cnc2F)CC(C(F)(F)F)OC(NC(=O)c2ccccc2)=N1. The zero-order valence-corrected chi connectivity index (χ0v) is 16.0. The molecule has 10 heteroatoms. The fourth-order valence-corrected chi connectivity index (χ4v) is 3.13. The minimum Gasteiger partial charge on any atom is -0.452 e. The molecule has 148 valence electrons. The molecule has 1 aromatic carbocycles. The van der Waals surface area contributed by atoms with Crippen LogP contribution in [0.3, 0.4) is 0 Å². The van der Waals surface area contributed by atoms with Gasteiger partial charge in [0.1, 0.15) is 0 Å². The summed E-state index contributed by atoms with van der Waals surface area (Å²) in [6.07, 6.45) is -6.50. The van der Waals surface area contributed by atoms with Crippen LogP contribution in [0.1, 0.15) is 29.3 Å². The molecule has 0 bridgehead atoms. The molecule has 0 fully saturated rings. The first-order valence-electron chi connectivity index (χ1n) is 8.10. The summed E-state index contributed by atoms with van der Waals surface area (Å²) >= 11 is 3.13. The Morgan fingerprint density at radius 3 is 2.64 bits per heavy atom. The van der Waals surface area contributed by atoms with E-state index in [0.717, 1.165) is 0 Å². The van der Waals surface area contributed by atoms with Crippen molar-refractivity contribution in [3.05, 3.63) is 64.1 Å². The summed E-state index contributed by atoms with van der Waals surface area (Å²) in [6, 6.07) is 8.53. The van der Waals surface area contributed by atoms with Gasteiger partial charge in [-0.2, -0.15) is 17.6 Å². The normalized spacial score (nSPS) is 22.2. The van der Waals surface area contributed by atoms with Crippen molar-refractivity contribution >= 4 is 27.9 Å². The standard InChI is InChI=1S/C18H14BrF4N3O2/c1-17(12-7-11(19)9-24-14(12)20)8-13(18(21,22)23)28-16(26-17)25-15(27)10-5-3-2-4-6-10/h2-7,9,13H,8H2,1H3,(H,25,26,27). The Morgan fingerprint density at radius 2 is 2.00 bits per heavy atom. The highest BCUT2D eigenvalue weighted by atomic mass is 79.9. The number of aromatic nitrogens is 1. The smallest absolute Gasteiger partial charge is 0.425 e. The quantitative estimate of drug-likeness (QED) is 0.536. The molecular formula is C18H14BrF4N3O2. The monoisotopic (exact) mass is 459 g/mol. The van der Waals surface area contributed by atoms with E-state index in [-0.39, 0.29) is 11.1 Å². The van der Waals surface area contributed by atoms with Crippen molar-refractivity contribution < 1.29 is 27.1 Å². The van der Waals surface area contributed by atoms with Crippen LogP contribution in [0, 0.1) is 5.95 Å². The van der Waals surface area contributed by atoms with Gasteiger partial charge in [-0.15, -0.1) is 0 Å². The number of benzene rings is 1. The number of nitrogens with zero attached hydrogens (tertiary/aromatic N) is 2.